The second kappa shape index (κ2) is 7.44. The molecule has 0 aliphatic rings. The molecular formula is C16H19N3O4. The Morgan fingerprint density at radius 3 is 2.70 bits per heavy atom. The SMILES string of the molecule is CC(CN(C)C(=O)NCc1cc(-c2ccccc2)on1)C(=O)O. The number of carboxylic acids is 1. The van der Waals surface area contributed by atoms with Crippen molar-refractivity contribution in [2.24, 2.45) is 5.92 Å². The molecule has 7 heteroatoms. The van der Waals surface area contributed by atoms with Gasteiger partial charge in [0.25, 0.3) is 0 Å². The maximum absolute atomic E-state index is 11.9. The number of hydrogen-bond donors (Lipinski definition) is 2. The number of carbonyl (C=O) groups is 2. The summed E-state index contributed by atoms with van der Waals surface area (Å²) in [6.45, 7) is 1.89. The fourth-order valence-electron chi connectivity index (χ4n) is 2.01. The van der Waals surface area contributed by atoms with Gasteiger partial charge in [0, 0.05) is 25.2 Å². The minimum atomic E-state index is -0.936. The molecule has 2 amide bonds. The van der Waals surface area contributed by atoms with Crippen molar-refractivity contribution in [3.63, 3.8) is 0 Å². The summed E-state index contributed by atoms with van der Waals surface area (Å²) in [6.07, 6.45) is 0. The number of nitrogens with zero attached hydrogens (tertiary/aromatic N) is 2. The average molecular weight is 317 g/mol. The number of carbonyl (C=O) groups excluding carboxylic acids is 1. The molecule has 23 heavy (non-hydrogen) atoms. The first-order valence-corrected chi connectivity index (χ1v) is 7.20. The standard InChI is InChI=1S/C16H19N3O4/c1-11(15(20)21)10-19(2)16(22)17-9-13-8-14(23-18-13)12-6-4-3-5-7-12/h3-8,11H,9-10H2,1-2H3,(H,17,22)(H,20,21). The zero-order chi connectivity index (χ0) is 16.8. The van der Waals surface area contributed by atoms with Gasteiger partial charge in [0.1, 0.15) is 5.69 Å². The number of amides is 2. The van der Waals surface area contributed by atoms with Gasteiger partial charge in [-0.3, -0.25) is 4.79 Å². The van der Waals surface area contributed by atoms with E-state index < -0.39 is 11.9 Å². The van der Waals surface area contributed by atoms with E-state index in [1.54, 1.807) is 20.0 Å². The second-order valence-corrected chi connectivity index (χ2v) is 5.33. The Bertz CT molecular complexity index is 669. The zero-order valence-corrected chi connectivity index (χ0v) is 13.0. The second-order valence-electron chi connectivity index (χ2n) is 5.33. The minimum Gasteiger partial charge on any atom is -0.481 e. The van der Waals surface area contributed by atoms with Crippen LogP contribution in [0.25, 0.3) is 11.3 Å². The lowest BCUT2D eigenvalue weighted by molar-refractivity contribution is -0.141. The van der Waals surface area contributed by atoms with Crippen molar-refractivity contribution in [2.45, 2.75) is 13.5 Å². The number of aromatic nitrogens is 1. The van der Waals surface area contributed by atoms with Crippen LogP contribution in [0.2, 0.25) is 0 Å². The summed E-state index contributed by atoms with van der Waals surface area (Å²) in [7, 11) is 1.55. The third-order valence-electron chi connectivity index (χ3n) is 3.35. The van der Waals surface area contributed by atoms with Gasteiger partial charge in [-0.1, -0.05) is 42.4 Å². The van der Waals surface area contributed by atoms with Crippen molar-refractivity contribution in [2.75, 3.05) is 13.6 Å². The van der Waals surface area contributed by atoms with E-state index in [-0.39, 0.29) is 19.1 Å². The van der Waals surface area contributed by atoms with E-state index in [1.807, 2.05) is 30.3 Å². The highest BCUT2D eigenvalue weighted by Crippen LogP contribution is 2.19. The van der Waals surface area contributed by atoms with Crippen molar-refractivity contribution >= 4 is 12.0 Å². The molecule has 0 saturated heterocycles. The Labute approximate surface area is 133 Å². The number of nitrogens with one attached hydrogen (secondary N) is 1. The van der Waals surface area contributed by atoms with Gasteiger partial charge in [0.2, 0.25) is 0 Å². The Hall–Kier alpha value is -2.83. The lowest BCUT2D eigenvalue weighted by atomic mass is 10.1. The van der Waals surface area contributed by atoms with Gasteiger partial charge in [-0.05, 0) is 0 Å². The zero-order valence-electron chi connectivity index (χ0n) is 13.0. The summed E-state index contributed by atoms with van der Waals surface area (Å²) >= 11 is 0. The number of aliphatic carboxylic acids is 1. The molecule has 1 aromatic heterocycles. The summed E-state index contributed by atoms with van der Waals surface area (Å²) in [6, 6.07) is 10.9. The van der Waals surface area contributed by atoms with E-state index in [9.17, 15) is 9.59 Å². The lowest BCUT2D eigenvalue weighted by Crippen LogP contribution is -2.40. The van der Waals surface area contributed by atoms with E-state index in [2.05, 4.69) is 10.5 Å². The molecule has 2 N–H and O–H groups in total. The van der Waals surface area contributed by atoms with Crippen LogP contribution in [0.5, 0.6) is 0 Å². The molecule has 2 rings (SSSR count). The maximum Gasteiger partial charge on any atom is 0.317 e. The molecule has 2 aromatic rings. The predicted octanol–water partition coefficient (Wildman–Crippen LogP) is 2.20. The van der Waals surface area contributed by atoms with Crippen LogP contribution in [0.15, 0.2) is 40.9 Å². The number of hydrogen-bond acceptors (Lipinski definition) is 4. The molecule has 0 aliphatic heterocycles. The highest BCUT2D eigenvalue weighted by atomic mass is 16.5. The average Bonchev–Trinajstić information content (AvgIpc) is 3.02. The fraction of sp³-hybridized carbons (Fsp3) is 0.312. The molecule has 0 aliphatic carbocycles. The smallest absolute Gasteiger partial charge is 0.317 e. The molecule has 1 aromatic carbocycles. The van der Waals surface area contributed by atoms with E-state index in [0.717, 1.165) is 5.56 Å². The van der Waals surface area contributed by atoms with Crippen molar-refractivity contribution in [1.82, 2.24) is 15.4 Å². The molecule has 0 saturated carbocycles. The van der Waals surface area contributed by atoms with Crippen LogP contribution in [-0.2, 0) is 11.3 Å². The van der Waals surface area contributed by atoms with Crippen LogP contribution in [-0.4, -0.2) is 40.8 Å². The molecule has 0 spiro atoms. The van der Waals surface area contributed by atoms with Gasteiger partial charge in [-0.25, -0.2) is 4.79 Å². The van der Waals surface area contributed by atoms with Gasteiger partial charge >= 0.3 is 12.0 Å². The van der Waals surface area contributed by atoms with E-state index in [0.29, 0.717) is 11.5 Å². The third kappa shape index (κ3) is 4.57. The molecule has 122 valence electrons. The molecule has 7 nitrogen and oxygen atoms in total. The molecular weight excluding hydrogens is 298 g/mol. The van der Waals surface area contributed by atoms with Crippen molar-refractivity contribution in [1.29, 1.82) is 0 Å². The number of carboxylic acid groups (broad SMARTS) is 1. The number of benzene rings is 1. The van der Waals surface area contributed by atoms with Crippen LogP contribution in [0.4, 0.5) is 4.79 Å². The monoisotopic (exact) mass is 317 g/mol. The van der Waals surface area contributed by atoms with Crippen molar-refractivity contribution in [3.8, 4) is 11.3 Å². The quantitative estimate of drug-likeness (QED) is 0.851. The van der Waals surface area contributed by atoms with Crippen molar-refractivity contribution in [3.05, 3.63) is 42.1 Å². The molecule has 0 bridgehead atoms. The van der Waals surface area contributed by atoms with Gasteiger partial charge in [-0.2, -0.15) is 0 Å². The van der Waals surface area contributed by atoms with Gasteiger partial charge in [0.15, 0.2) is 5.76 Å². The Balaban J connectivity index is 1.87. The summed E-state index contributed by atoms with van der Waals surface area (Å²) in [5, 5.41) is 15.4. The largest absolute Gasteiger partial charge is 0.481 e. The van der Waals surface area contributed by atoms with Crippen LogP contribution in [0.1, 0.15) is 12.6 Å². The molecule has 1 atom stereocenters. The first-order valence-electron chi connectivity index (χ1n) is 7.20. The Kier molecular flexibility index (Phi) is 5.35. The van der Waals surface area contributed by atoms with Crippen molar-refractivity contribution < 1.29 is 19.2 Å². The van der Waals surface area contributed by atoms with Crippen LogP contribution in [0, 0.1) is 5.92 Å². The van der Waals surface area contributed by atoms with E-state index in [1.165, 1.54) is 4.90 Å². The van der Waals surface area contributed by atoms with Crippen LogP contribution in [0.3, 0.4) is 0 Å². The normalized spacial score (nSPS) is 11.7. The fourth-order valence-corrected chi connectivity index (χ4v) is 2.01. The molecule has 0 fully saturated rings. The number of urea groups is 1. The Morgan fingerprint density at radius 2 is 2.04 bits per heavy atom. The highest BCUT2D eigenvalue weighted by Gasteiger charge is 2.17. The number of rotatable bonds is 6. The summed E-state index contributed by atoms with van der Waals surface area (Å²) in [5.41, 5.74) is 1.50. The molecule has 1 unspecified atom stereocenters. The lowest BCUT2D eigenvalue weighted by Gasteiger charge is -2.19. The topological polar surface area (TPSA) is 95.7 Å². The van der Waals surface area contributed by atoms with Gasteiger partial charge < -0.3 is 19.8 Å². The maximum atomic E-state index is 11.9. The van der Waals surface area contributed by atoms with Crippen LogP contribution < -0.4 is 5.32 Å². The summed E-state index contributed by atoms with van der Waals surface area (Å²) in [4.78, 5) is 24.0. The van der Waals surface area contributed by atoms with Gasteiger partial charge in [-0.15, -0.1) is 0 Å². The Morgan fingerprint density at radius 1 is 1.35 bits per heavy atom. The highest BCUT2D eigenvalue weighted by molar-refractivity contribution is 5.75. The van der Waals surface area contributed by atoms with Gasteiger partial charge in [0.05, 0.1) is 12.5 Å². The predicted molar refractivity (Wildman–Crippen MR) is 83.6 cm³/mol. The summed E-state index contributed by atoms with van der Waals surface area (Å²) in [5.74, 6) is -0.932. The van der Waals surface area contributed by atoms with E-state index >= 15 is 0 Å². The molecule has 1 heterocycles. The van der Waals surface area contributed by atoms with Crippen LogP contribution >= 0.6 is 0 Å². The van der Waals surface area contributed by atoms with E-state index in [4.69, 9.17) is 9.63 Å². The first-order chi connectivity index (χ1) is 11.0. The first kappa shape index (κ1) is 16.5. The minimum absolute atomic E-state index is 0.134. The third-order valence-corrected chi connectivity index (χ3v) is 3.35. The summed E-state index contributed by atoms with van der Waals surface area (Å²) < 4.78 is 5.25. The molecule has 0 radical (unpaired) electrons.